The lowest BCUT2D eigenvalue weighted by Gasteiger charge is -2.21. The Hall–Kier alpha value is -1.27. The van der Waals surface area contributed by atoms with Crippen LogP contribution in [-0.4, -0.2) is 30.7 Å². The molecule has 1 unspecified atom stereocenters. The number of nitrogens with one attached hydrogen (secondary N) is 1. The van der Waals surface area contributed by atoms with Crippen molar-refractivity contribution in [2.45, 2.75) is 52.8 Å². The molecule has 0 aromatic heterocycles. The molecule has 0 fully saturated rings. The van der Waals surface area contributed by atoms with E-state index in [4.69, 9.17) is 0 Å². The molecule has 0 aliphatic carbocycles. The molecule has 19 heavy (non-hydrogen) atoms. The van der Waals surface area contributed by atoms with Crippen molar-refractivity contribution >= 4 is 11.9 Å². The van der Waals surface area contributed by atoms with Crippen molar-refractivity contribution in [1.29, 1.82) is 0 Å². The lowest BCUT2D eigenvalue weighted by molar-refractivity contribution is -0.216. The number of rotatable bonds is 6. The van der Waals surface area contributed by atoms with E-state index in [9.17, 15) is 22.8 Å². The van der Waals surface area contributed by atoms with E-state index < -0.39 is 23.7 Å². The minimum absolute atomic E-state index is 0.0360. The molecule has 0 aromatic carbocycles. The molecule has 1 atom stereocenters. The maximum absolute atomic E-state index is 12.1. The van der Waals surface area contributed by atoms with Crippen LogP contribution in [0.25, 0.3) is 0 Å². The summed E-state index contributed by atoms with van der Waals surface area (Å²) in [6.45, 7) is 6.06. The summed E-state index contributed by atoms with van der Waals surface area (Å²) >= 11 is 0. The Balaban J connectivity index is 4.04. The standard InChI is InChI=1S/C12H20F3NO3/c1-5-11(3,4)10(18)16-7-6-9(17)19-8(2)12(13,14)15/h8H,5-7H2,1-4H3,(H,16,18). The molecule has 0 bridgehead atoms. The third-order valence-corrected chi connectivity index (χ3v) is 2.88. The molecule has 0 aromatic rings. The van der Waals surface area contributed by atoms with Crippen LogP contribution in [-0.2, 0) is 14.3 Å². The lowest BCUT2D eigenvalue weighted by Crippen LogP contribution is -2.38. The van der Waals surface area contributed by atoms with E-state index in [2.05, 4.69) is 10.1 Å². The predicted molar refractivity (Wildman–Crippen MR) is 63.3 cm³/mol. The Morgan fingerprint density at radius 3 is 2.21 bits per heavy atom. The highest BCUT2D eigenvalue weighted by Gasteiger charge is 2.39. The fourth-order valence-electron chi connectivity index (χ4n) is 1.00. The molecule has 4 nitrogen and oxygen atoms in total. The summed E-state index contributed by atoms with van der Waals surface area (Å²) in [6, 6.07) is 0. The summed E-state index contributed by atoms with van der Waals surface area (Å²) in [5.41, 5.74) is -0.566. The van der Waals surface area contributed by atoms with E-state index in [1.165, 1.54) is 0 Å². The first-order valence-corrected chi connectivity index (χ1v) is 6.05. The second kappa shape index (κ2) is 6.77. The monoisotopic (exact) mass is 283 g/mol. The number of carbonyl (C=O) groups excluding carboxylic acids is 2. The molecule has 0 saturated carbocycles. The smallest absolute Gasteiger partial charge is 0.425 e. The molecule has 0 saturated heterocycles. The van der Waals surface area contributed by atoms with Crippen LogP contribution in [0.4, 0.5) is 13.2 Å². The van der Waals surface area contributed by atoms with E-state index in [1.54, 1.807) is 13.8 Å². The van der Waals surface area contributed by atoms with Crippen LogP contribution >= 0.6 is 0 Å². The molecule has 0 aliphatic heterocycles. The molecule has 112 valence electrons. The van der Waals surface area contributed by atoms with E-state index in [1.807, 2.05) is 6.92 Å². The zero-order valence-corrected chi connectivity index (χ0v) is 11.6. The molecule has 0 aliphatic rings. The first kappa shape index (κ1) is 17.7. The number of carbonyl (C=O) groups is 2. The number of amides is 1. The van der Waals surface area contributed by atoms with Gasteiger partial charge in [-0.05, 0) is 13.3 Å². The summed E-state index contributed by atoms with van der Waals surface area (Å²) in [4.78, 5) is 22.7. The molecular weight excluding hydrogens is 263 g/mol. The fraction of sp³-hybridized carbons (Fsp3) is 0.833. The molecule has 7 heteroatoms. The summed E-state index contributed by atoms with van der Waals surface area (Å²) in [5.74, 6) is -1.23. The van der Waals surface area contributed by atoms with Gasteiger partial charge in [-0.25, -0.2) is 0 Å². The lowest BCUT2D eigenvalue weighted by atomic mass is 9.89. The molecule has 1 N–H and O–H groups in total. The van der Waals surface area contributed by atoms with Crippen LogP contribution in [0.3, 0.4) is 0 Å². The predicted octanol–water partition coefficient (Wildman–Crippen LogP) is 2.42. The summed E-state index contributed by atoms with van der Waals surface area (Å²) in [7, 11) is 0. The van der Waals surface area contributed by atoms with Crippen molar-refractivity contribution in [1.82, 2.24) is 5.32 Å². The Kier molecular flexibility index (Phi) is 6.32. The highest BCUT2D eigenvalue weighted by atomic mass is 19.4. The van der Waals surface area contributed by atoms with Gasteiger partial charge in [0.1, 0.15) is 0 Å². The number of halogens is 3. The van der Waals surface area contributed by atoms with E-state index >= 15 is 0 Å². The van der Waals surface area contributed by atoms with Crippen molar-refractivity contribution < 1.29 is 27.5 Å². The molecule has 1 amide bonds. The van der Waals surface area contributed by atoms with Gasteiger partial charge in [-0.1, -0.05) is 20.8 Å². The number of ether oxygens (including phenoxy) is 1. The van der Waals surface area contributed by atoms with Crippen molar-refractivity contribution in [3.8, 4) is 0 Å². The van der Waals surface area contributed by atoms with Gasteiger partial charge in [0.15, 0.2) is 6.10 Å². The number of alkyl halides is 3. The second-order valence-electron chi connectivity index (χ2n) is 4.92. The Morgan fingerprint density at radius 1 is 1.26 bits per heavy atom. The summed E-state index contributed by atoms with van der Waals surface area (Å²) in [5, 5.41) is 2.50. The van der Waals surface area contributed by atoms with Crippen LogP contribution < -0.4 is 5.32 Å². The highest BCUT2D eigenvalue weighted by Crippen LogP contribution is 2.22. The number of esters is 1. The molecule has 0 spiro atoms. The van der Waals surface area contributed by atoms with Crippen molar-refractivity contribution in [2.75, 3.05) is 6.54 Å². The number of hydrogen-bond acceptors (Lipinski definition) is 3. The van der Waals surface area contributed by atoms with Gasteiger partial charge in [-0.3, -0.25) is 9.59 Å². The normalized spacial score (nSPS) is 13.8. The average molecular weight is 283 g/mol. The molecular formula is C12H20F3NO3. The molecule has 0 heterocycles. The minimum Gasteiger partial charge on any atom is -0.453 e. The second-order valence-corrected chi connectivity index (χ2v) is 4.92. The van der Waals surface area contributed by atoms with Crippen LogP contribution in [0, 0.1) is 5.41 Å². The Labute approximate surface area is 110 Å². The van der Waals surface area contributed by atoms with Gasteiger partial charge < -0.3 is 10.1 Å². The van der Waals surface area contributed by atoms with Crippen LogP contribution in [0.2, 0.25) is 0 Å². The van der Waals surface area contributed by atoms with Crippen LogP contribution in [0.1, 0.15) is 40.5 Å². The third kappa shape index (κ3) is 6.45. The van der Waals surface area contributed by atoms with Gasteiger partial charge in [0.05, 0.1) is 6.42 Å². The fourth-order valence-corrected chi connectivity index (χ4v) is 1.00. The maximum atomic E-state index is 12.1. The van der Waals surface area contributed by atoms with Gasteiger partial charge >= 0.3 is 12.1 Å². The first-order chi connectivity index (χ1) is 8.50. The van der Waals surface area contributed by atoms with E-state index in [0.29, 0.717) is 6.42 Å². The molecule has 0 rings (SSSR count). The molecule has 0 radical (unpaired) electrons. The van der Waals surface area contributed by atoms with Gasteiger partial charge in [-0.15, -0.1) is 0 Å². The zero-order chi connectivity index (χ0) is 15.3. The van der Waals surface area contributed by atoms with Crippen molar-refractivity contribution in [3.05, 3.63) is 0 Å². The Bertz CT molecular complexity index is 327. The summed E-state index contributed by atoms with van der Waals surface area (Å²) in [6.07, 6.45) is -6.37. The number of hydrogen-bond donors (Lipinski definition) is 1. The van der Waals surface area contributed by atoms with Gasteiger partial charge in [-0.2, -0.15) is 13.2 Å². The zero-order valence-electron chi connectivity index (χ0n) is 11.6. The van der Waals surface area contributed by atoms with Gasteiger partial charge in [0.2, 0.25) is 5.91 Å². The average Bonchev–Trinajstić information content (AvgIpc) is 2.27. The van der Waals surface area contributed by atoms with Gasteiger partial charge in [0.25, 0.3) is 0 Å². The van der Waals surface area contributed by atoms with Crippen LogP contribution in [0.15, 0.2) is 0 Å². The largest absolute Gasteiger partial charge is 0.453 e. The van der Waals surface area contributed by atoms with Crippen molar-refractivity contribution in [2.24, 2.45) is 5.41 Å². The summed E-state index contributed by atoms with van der Waals surface area (Å²) < 4.78 is 40.5. The highest BCUT2D eigenvalue weighted by molar-refractivity contribution is 5.82. The topological polar surface area (TPSA) is 55.4 Å². The quantitative estimate of drug-likeness (QED) is 0.762. The Morgan fingerprint density at radius 2 is 1.79 bits per heavy atom. The maximum Gasteiger partial charge on any atom is 0.425 e. The van der Waals surface area contributed by atoms with Crippen LogP contribution in [0.5, 0.6) is 0 Å². The van der Waals surface area contributed by atoms with Crippen molar-refractivity contribution in [3.63, 3.8) is 0 Å². The minimum atomic E-state index is -4.57. The van der Waals surface area contributed by atoms with E-state index in [0.717, 1.165) is 6.92 Å². The third-order valence-electron chi connectivity index (χ3n) is 2.88. The first-order valence-electron chi connectivity index (χ1n) is 6.05. The van der Waals surface area contributed by atoms with Gasteiger partial charge in [0, 0.05) is 12.0 Å². The van der Waals surface area contributed by atoms with E-state index in [-0.39, 0.29) is 18.9 Å². The SMILES string of the molecule is CCC(C)(C)C(=O)NCCC(=O)OC(C)C(F)(F)F.